The van der Waals surface area contributed by atoms with E-state index in [0.29, 0.717) is 37.5 Å². The molecule has 3 aromatic carbocycles. The maximum Gasteiger partial charge on any atom is 0.330 e. The van der Waals surface area contributed by atoms with Crippen LogP contribution >= 0.6 is 0 Å². The number of hydrogen-bond donors (Lipinski definition) is 3. The van der Waals surface area contributed by atoms with Crippen LogP contribution in [0.1, 0.15) is 145 Å². The van der Waals surface area contributed by atoms with E-state index in [-0.39, 0.29) is 12.5 Å². The van der Waals surface area contributed by atoms with E-state index in [0.717, 1.165) is 48.8 Å². The van der Waals surface area contributed by atoms with Gasteiger partial charge in [0.15, 0.2) is 6.23 Å². The minimum atomic E-state index is -1.19. The zero-order chi connectivity index (χ0) is 45.4. The van der Waals surface area contributed by atoms with Gasteiger partial charge in [0.25, 0.3) is 5.56 Å². The Morgan fingerprint density at radius 2 is 1.23 bits per heavy atom. The second-order valence-electron chi connectivity index (χ2n) is 17.0. The fourth-order valence-corrected chi connectivity index (χ4v) is 8.59. The van der Waals surface area contributed by atoms with Crippen LogP contribution in [-0.4, -0.2) is 72.9 Å². The molecule has 2 heterocycles. The van der Waals surface area contributed by atoms with Gasteiger partial charge in [0.1, 0.15) is 35.4 Å². The first-order valence-electron chi connectivity index (χ1n) is 23.8. The summed E-state index contributed by atoms with van der Waals surface area (Å²) in [6.45, 7) is 3.12. The molecule has 3 N–H and O–H groups in total. The quantitative estimate of drug-likeness (QED) is 0.0332. The Hall–Kier alpha value is -4.75. The molecule has 5 rings (SSSR count). The molecule has 0 bridgehead atoms. The molecule has 350 valence electrons. The van der Waals surface area contributed by atoms with Crippen molar-refractivity contribution in [2.75, 3.05) is 34.0 Å². The molecule has 64 heavy (non-hydrogen) atoms. The topological polar surface area (TPSA) is 150 Å². The predicted octanol–water partition coefficient (Wildman–Crippen LogP) is 9.36. The number of aliphatic hydroxyl groups is 1. The minimum absolute atomic E-state index is 0.0896. The molecule has 1 unspecified atom stereocenters. The highest BCUT2D eigenvalue weighted by molar-refractivity contribution is 5.75. The summed E-state index contributed by atoms with van der Waals surface area (Å²) in [6.07, 6.45) is 17.9. The largest absolute Gasteiger partial charge is 0.497 e. The van der Waals surface area contributed by atoms with Gasteiger partial charge in [-0.15, -0.1) is 0 Å². The van der Waals surface area contributed by atoms with E-state index in [9.17, 15) is 19.5 Å². The van der Waals surface area contributed by atoms with Crippen molar-refractivity contribution in [3.8, 4) is 11.5 Å². The molecule has 1 amide bonds. The van der Waals surface area contributed by atoms with Crippen molar-refractivity contribution in [2.24, 2.45) is 0 Å². The number of aromatic nitrogens is 2. The third-order valence-corrected chi connectivity index (χ3v) is 12.3. The number of carbonyl (C=O) groups is 1. The molecule has 0 radical (unpaired) electrons. The summed E-state index contributed by atoms with van der Waals surface area (Å²) in [4.78, 5) is 39.8. The zero-order valence-corrected chi connectivity index (χ0v) is 38.5. The molecule has 4 aromatic rings. The number of rotatable bonds is 31. The maximum absolute atomic E-state index is 13.1. The predicted molar refractivity (Wildman–Crippen MR) is 251 cm³/mol. The van der Waals surface area contributed by atoms with Crippen LogP contribution < -0.4 is 26.0 Å². The number of carbonyl (C=O) groups excluding carboxylic acids is 1. The number of benzene rings is 3. The fraction of sp³-hybridized carbons (Fsp3) is 0.558. The Morgan fingerprint density at radius 3 is 1.80 bits per heavy atom. The van der Waals surface area contributed by atoms with Crippen LogP contribution in [0.4, 0.5) is 0 Å². The van der Waals surface area contributed by atoms with Crippen molar-refractivity contribution in [1.29, 1.82) is 0 Å². The van der Waals surface area contributed by atoms with Crippen LogP contribution in [0, 0.1) is 0 Å². The molecule has 1 saturated heterocycles. The van der Waals surface area contributed by atoms with Crippen molar-refractivity contribution < 1.29 is 33.6 Å². The van der Waals surface area contributed by atoms with Crippen LogP contribution in [0.5, 0.6) is 11.5 Å². The van der Waals surface area contributed by atoms with Gasteiger partial charge in [0.2, 0.25) is 5.91 Å². The van der Waals surface area contributed by atoms with Gasteiger partial charge >= 0.3 is 5.69 Å². The van der Waals surface area contributed by atoms with E-state index >= 15 is 0 Å². The normalized spacial score (nSPS) is 17.4. The standard InChI is InChI=1S/C52H73N3O9/c1-4-5-6-7-8-9-10-11-12-13-14-15-21-26-46(56)53-36-22-16-17-23-38-62-49-48(58)45(64-50(49)55-37-35-47(57)54-51(55)59)39-63-52(40-24-19-18-20-25-40,41-27-31-43(60-2)32-28-41)42-29-33-44(61-3)34-30-42/h18-20,24-25,27-35,37,45,48-50,58H,4-17,21-23,26,36,38-39H2,1-3H3,(H,53,56)(H,54,57,59)/t45-,48?,49+,50-/m1/s1. The second kappa shape index (κ2) is 27.5. The van der Waals surface area contributed by atoms with E-state index in [4.69, 9.17) is 23.7 Å². The number of aliphatic hydroxyl groups excluding tert-OH is 1. The second-order valence-corrected chi connectivity index (χ2v) is 17.0. The maximum atomic E-state index is 13.1. The van der Waals surface area contributed by atoms with E-state index < -0.39 is 41.4 Å². The van der Waals surface area contributed by atoms with Gasteiger partial charge in [-0.2, -0.15) is 0 Å². The van der Waals surface area contributed by atoms with Crippen LogP contribution in [-0.2, 0) is 24.6 Å². The Bertz CT molecular complexity index is 1970. The number of nitrogens with zero attached hydrogens (tertiary/aromatic N) is 1. The van der Waals surface area contributed by atoms with Crippen LogP contribution in [0.2, 0.25) is 0 Å². The highest BCUT2D eigenvalue weighted by Gasteiger charge is 2.48. The van der Waals surface area contributed by atoms with Gasteiger partial charge in [-0.05, 0) is 60.2 Å². The molecule has 4 atom stereocenters. The molecule has 0 aliphatic carbocycles. The first-order valence-corrected chi connectivity index (χ1v) is 23.8. The average Bonchev–Trinajstić information content (AvgIpc) is 3.63. The van der Waals surface area contributed by atoms with Crippen molar-refractivity contribution in [1.82, 2.24) is 14.9 Å². The van der Waals surface area contributed by atoms with E-state index in [1.807, 2.05) is 78.9 Å². The fourth-order valence-electron chi connectivity index (χ4n) is 8.59. The lowest BCUT2D eigenvalue weighted by molar-refractivity contribution is -0.121. The molecule has 0 spiro atoms. The van der Waals surface area contributed by atoms with Gasteiger partial charge in [0, 0.05) is 31.8 Å². The Morgan fingerprint density at radius 1 is 0.703 bits per heavy atom. The van der Waals surface area contributed by atoms with E-state index in [2.05, 4.69) is 17.2 Å². The minimum Gasteiger partial charge on any atom is -0.497 e. The highest BCUT2D eigenvalue weighted by atomic mass is 16.6. The van der Waals surface area contributed by atoms with E-state index in [1.165, 1.54) is 87.5 Å². The number of aromatic amines is 1. The van der Waals surface area contributed by atoms with Crippen LogP contribution in [0.25, 0.3) is 0 Å². The summed E-state index contributed by atoms with van der Waals surface area (Å²) in [5, 5.41) is 14.9. The lowest BCUT2D eigenvalue weighted by Crippen LogP contribution is -2.41. The first kappa shape index (κ1) is 50.3. The number of unbranched alkanes of at least 4 members (excludes halogenated alkanes) is 15. The Kier molecular flexibility index (Phi) is 21.6. The number of ether oxygens (including phenoxy) is 5. The molecule has 12 heteroatoms. The number of methoxy groups -OCH3 is 2. The highest BCUT2D eigenvalue weighted by Crippen LogP contribution is 2.43. The van der Waals surface area contributed by atoms with Crippen molar-refractivity contribution in [3.05, 3.63) is 129 Å². The van der Waals surface area contributed by atoms with Crippen LogP contribution in [0.15, 0.2) is 101 Å². The van der Waals surface area contributed by atoms with Gasteiger partial charge < -0.3 is 34.1 Å². The summed E-state index contributed by atoms with van der Waals surface area (Å²) < 4.78 is 32.0. The van der Waals surface area contributed by atoms with Gasteiger partial charge in [0.05, 0.1) is 20.8 Å². The summed E-state index contributed by atoms with van der Waals surface area (Å²) in [6, 6.07) is 26.4. The summed E-state index contributed by atoms with van der Waals surface area (Å²) in [5.74, 6) is 1.50. The third kappa shape index (κ3) is 14.9. The SMILES string of the molecule is CCCCCCCCCCCCCCCC(=O)NCCCCCCO[C@H]1C(O)[C@@H](COC(c2ccccc2)(c2ccc(OC)cc2)c2ccc(OC)cc2)O[C@H]1n1ccc(=O)[nH]c1=O. The lowest BCUT2D eigenvalue weighted by Gasteiger charge is -2.37. The molecular formula is C52H73N3O9. The summed E-state index contributed by atoms with van der Waals surface area (Å²) in [5.41, 5.74) is 0.0807. The zero-order valence-electron chi connectivity index (χ0n) is 38.5. The average molecular weight is 884 g/mol. The van der Waals surface area contributed by atoms with Gasteiger partial charge in [-0.25, -0.2) is 4.79 Å². The molecule has 0 saturated carbocycles. The molecule has 1 aliphatic rings. The number of H-pyrrole nitrogens is 1. The summed E-state index contributed by atoms with van der Waals surface area (Å²) in [7, 11) is 3.23. The molecule has 1 aromatic heterocycles. The number of nitrogens with one attached hydrogen (secondary N) is 2. The van der Waals surface area contributed by atoms with Crippen molar-refractivity contribution in [3.63, 3.8) is 0 Å². The molecule has 1 fully saturated rings. The van der Waals surface area contributed by atoms with E-state index in [1.54, 1.807) is 14.2 Å². The third-order valence-electron chi connectivity index (χ3n) is 12.3. The van der Waals surface area contributed by atoms with Gasteiger partial charge in [-0.1, -0.05) is 151 Å². The molecular weight excluding hydrogens is 811 g/mol. The smallest absolute Gasteiger partial charge is 0.330 e. The monoisotopic (exact) mass is 884 g/mol. The molecule has 1 aliphatic heterocycles. The Balaban J connectivity index is 1.12. The van der Waals surface area contributed by atoms with Crippen molar-refractivity contribution in [2.45, 2.75) is 153 Å². The number of hydrogen-bond acceptors (Lipinski definition) is 9. The van der Waals surface area contributed by atoms with Gasteiger partial charge in [-0.3, -0.25) is 19.1 Å². The first-order chi connectivity index (χ1) is 31.3. The summed E-state index contributed by atoms with van der Waals surface area (Å²) >= 11 is 0. The molecule has 12 nitrogen and oxygen atoms in total. The van der Waals surface area contributed by atoms with Crippen LogP contribution in [0.3, 0.4) is 0 Å². The number of amides is 1. The Labute approximate surface area is 380 Å². The lowest BCUT2D eigenvalue weighted by atomic mass is 9.80. The van der Waals surface area contributed by atoms with Crippen molar-refractivity contribution >= 4 is 5.91 Å².